The Labute approximate surface area is 134 Å². The Morgan fingerprint density at radius 2 is 1.86 bits per heavy atom. The molecule has 0 amide bonds. The number of rotatable bonds is 7. The summed E-state index contributed by atoms with van der Waals surface area (Å²) < 4.78 is 12.1. The molecule has 0 unspecified atom stereocenters. The Kier molecular flexibility index (Phi) is 6.08. The summed E-state index contributed by atoms with van der Waals surface area (Å²) in [5.41, 5.74) is 2.39. The average Bonchev–Trinajstić information content (AvgIpc) is 2.50. The molecule has 0 saturated heterocycles. The number of nitrogens with one attached hydrogen (secondary N) is 1. The van der Waals surface area contributed by atoms with Crippen LogP contribution in [-0.4, -0.2) is 20.8 Å². The summed E-state index contributed by atoms with van der Waals surface area (Å²) in [4.78, 5) is 0. The molecule has 0 aliphatic rings. The molecule has 0 spiro atoms. The van der Waals surface area contributed by atoms with Gasteiger partial charge in [-0.05, 0) is 42.9 Å². The van der Waals surface area contributed by atoms with E-state index in [0.29, 0.717) is 6.61 Å². The minimum atomic E-state index is 0.657. The van der Waals surface area contributed by atoms with Crippen molar-refractivity contribution in [1.82, 2.24) is 5.32 Å². The summed E-state index contributed by atoms with van der Waals surface area (Å²) in [6.07, 6.45) is 0.874. The Hall–Kier alpha value is -1.52. The largest absolute Gasteiger partial charge is 0.497 e. The van der Waals surface area contributed by atoms with E-state index in [-0.39, 0.29) is 0 Å². The van der Waals surface area contributed by atoms with E-state index in [1.165, 1.54) is 5.56 Å². The molecule has 112 valence electrons. The second-order valence-corrected chi connectivity index (χ2v) is 5.64. The number of benzene rings is 2. The van der Waals surface area contributed by atoms with Gasteiger partial charge in [0.2, 0.25) is 0 Å². The van der Waals surface area contributed by atoms with Gasteiger partial charge in [-0.3, -0.25) is 0 Å². The van der Waals surface area contributed by atoms with Crippen LogP contribution in [0.5, 0.6) is 11.5 Å². The predicted octanol–water partition coefficient (Wildman–Crippen LogP) is 3.80. The first-order valence-corrected chi connectivity index (χ1v) is 7.71. The third kappa shape index (κ3) is 4.76. The molecule has 0 radical (unpaired) electrons. The van der Waals surface area contributed by atoms with Crippen LogP contribution in [0.1, 0.15) is 11.1 Å². The van der Waals surface area contributed by atoms with Crippen molar-refractivity contribution in [2.75, 3.05) is 20.8 Å². The monoisotopic (exact) mass is 349 g/mol. The summed E-state index contributed by atoms with van der Waals surface area (Å²) in [5, 5.41) is 3.16. The highest BCUT2D eigenvalue weighted by molar-refractivity contribution is 9.10. The normalized spacial score (nSPS) is 10.4. The number of hydrogen-bond acceptors (Lipinski definition) is 3. The van der Waals surface area contributed by atoms with Gasteiger partial charge in [0.25, 0.3) is 0 Å². The summed E-state index contributed by atoms with van der Waals surface area (Å²) in [5.74, 6) is 1.81. The maximum atomic E-state index is 5.91. The molecular weight excluding hydrogens is 330 g/mol. The number of hydrogen-bond donors (Lipinski definition) is 1. The summed E-state index contributed by atoms with van der Waals surface area (Å²) >= 11 is 3.49. The zero-order valence-electron chi connectivity index (χ0n) is 12.4. The lowest BCUT2D eigenvalue weighted by atomic mass is 10.1. The fraction of sp³-hybridized carbons (Fsp3) is 0.294. The van der Waals surface area contributed by atoms with E-state index < -0.39 is 0 Å². The Bertz CT molecular complexity index is 570. The highest BCUT2D eigenvalue weighted by atomic mass is 79.9. The Morgan fingerprint density at radius 3 is 2.52 bits per heavy atom. The molecule has 0 fully saturated rings. The topological polar surface area (TPSA) is 30.5 Å². The van der Waals surface area contributed by atoms with Gasteiger partial charge in [0.1, 0.15) is 11.5 Å². The summed E-state index contributed by atoms with van der Waals surface area (Å²) in [6.45, 7) is 1.45. The second kappa shape index (κ2) is 8.05. The molecule has 0 atom stereocenters. The highest BCUT2D eigenvalue weighted by Gasteiger charge is 2.04. The molecule has 2 aromatic carbocycles. The molecule has 21 heavy (non-hydrogen) atoms. The van der Waals surface area contributed by atoms with Crippen molar-refractivity contribution in [1.29, 1.82) is 0 Å². The summed E-state index contributed by atoms with van der Waals surface area (Å²) in [6, 6.07) is 14.2. The van der Waals surface area contributed by atoms with Gasteiger partial charge in [0, 0.05) is 23.0 Å². The van der Waals surface area contributed by atoms with Crippen molar-refractivity contribution in [3.05, 3.63) is 58.1 Å². The third-order valence-corrected chi connectivity index (χ3v) is 3.69. The van der Waals surface area contributed by atoms with Crippen LogP contribution in [0.4, 0.5) is 0 Å². The van der Waals surface area contributed by atoms with Crippen molar-refractivity contribution >= 4 is 15.9 Å². The molecule has 1 N–H and O–H groups in total. The standard InChI is InChI=1S/C17H20BrNO2/c1-19-12-14-11-15(18)5-8-17(14)21-10-9-13-3-6-16(20-2)7-4-13/h3-8,11,19H,9-10,12H2,1-2H3. The van der Waals surface area contributed by atoms with Crippen LogP contribution in [0.2, 0.25) is 0 Å². The Balaban J connectivity index is 1.93. The highest BCUT2D eigenvalue weighted by Crippen LogP contribution is 2.23. The Morgan fingerprint density at radius 1 is 1.10 bits per heavy atom. The van der Waals surface area contributed by atoms with E-state index in [0.717, 1.165) is 34.5 Å². The first-order chi connectivity index (χ1) is 10.2. The molecule has 0 aliphatic carbocycles. The third-order valence-electron chi connectivity index (χ3n) is 3.20. The van der Waals surface area contributed by atoms with E-state index in [9.17, 15) is 0 Å². The van der Waals surface area contributed by atoms with E-state index in [1.54, 1.807) is 7.11 Å². The number of ether oxygens (including phenoxy) is 2. The van der Waals surface area contributed by atoms with Crippen molar-refractivity contribution in [3.8, 4) is 11.5 Å². The number of methoxy groups -OCH3 is 1. The minimum Gasteiger partial charge on any atom is -0.497 e. The first kappa shape index (κ1) is 15.9. The summed E-state index contributed by atoms with van der Waals surface area (Å²) in [7, 11) is 3.61. The number of halogens is 1. The van der Waals surface area contributed by atoms with Gasteiger partial charge >= 0.3 is 0 Å². The van der Waals surface area contributed by atoms with Gasteiger partial charge in [-0.25, -0.2) is 0 Å². The van der Waals surface area contributed by atoms with Crippen LogP contribution in [0.25, 0.3) is 0 Å². The molecule has 0 bridgehead atoms. The van der Waals surface area contributed by atoms with Crippen LogP contribution >= 0.6 is 15.9 Å². The van der Waals surface area contributed by atoms with Crippen LogP contribution < -0.4 is 14.8 Å². The van der Waals surface area contributed by atoms with Gasteiger partial charge in [-0.1, -0.05) is 28.1 Å². The lowest BCUT2D eigenvalue weighted by molar-refractivity contribution is 0.318. The van der Waals surface area contributed by atoms with E-state index in [4.69, 9.17) is 9.47 Å². The smallest absolute Gasteiger partial charge is 0.123 e. The zero-order valence-corrected chi connectivity index (χ0v) is 13.9. The van der Waals surface area contributed by atoms with E-state index in [1.807, 2.05) is 31.3 Å². The minimum absolute atomic E-state index is 0.657. The second-order valence-electron chi connectivity index (χ2n) is 4.73. The SMILES string of the molecule is CNCc1cc(Br)ccc1OCCc1ccc(OC)cc1. The molecule has 0 aromatic heterocycles. The van der Waals surface area contributed by atoms with Crippen LogP contribution in [-0.2, 0) is 13.0 Å². The van der Waals surface area contributed by atoms with Crippen molar-refractivity contribution < 1.29 is 9.47 Å². The molecule has 0 heterocycles. The fourth-order valence-corrected chi connectivity index (χ4v) is 2.50. The maximum absolute atomic E-state index is 5.91. The lowest BCUT2D eigenvalue weighted by Gasteiger charge is -2.12. The molecule has 2 aromatic rings. The lowest BCUT2D eigenvalue weighted by Crippen LogP contribution is -2.09. The van der Waals surface area contributed by atoms with Crippen LogP contribution in [0.3, 0.4) is 0 Å². The van der Waals surface area contributed by atoms with Gasteiger partial charge < -0.3 is 14.8 Å². The van der Waals surface area contributed by atoms with Gasteiger partial charge in [0.05, 0.1) is 13.7 Å². The molecule has 0 aliphatic heterocycles. The van der Waals surface area contributed by atoms with Gasteiger partial charge in [-0.15, -0.1) is 0 Å². The van der Waals surface area contributed by atoms with Gasteiger partial charge in [-0.2, -0.15) is 0 Å². The van der Waals surface area contributed by atoms with E-state index >= 15 is 0 Å². The maximum Gasteiger partial charge on any atom is 0.123 e. The van der Waals surface area contributed by atoms with Crippen molar-refractivity contribution in [2.24, 2.45) is 0 Å². The van der Waals surface area contributed by atoms with Crippen molar-refractivity contribution in [3.63, 3.8) is 0 Å². The molecule has 0 saturated carbocycles. The van der Waals surface area contributed by atoms with Crippen molar-refractivity contribution in [2.45, 2.75) is 13.0 Å². The zero-order chi connectivity index (χ0) is 15.1. The molecule has 2 rings (SSSR count). The van der Waals surface area contributed by atoms with E-state index in [2.05, 4.69) is 39.4 Å². The first-order valence-electron chi connectivity index (χ1n) is 6.91. The predicted molar refractivity (Wildman–Crippen MR) is 89.1 cm³/mol. The average molecular weight is 350 g/mol. The quantitative estimate of drug-likeness (QED) is 0.824. The van der Waals surface area contributed by atoms with Gasteiger partial charge in [0.15, 0.2) is 0 Å². The van der Waals surface area contributed by atoms with Crippen LogP contribution in [0, 0.1) is 0 Å². The molecule has 3 nitrogen and oxygen atoms in total. The molecular formula is C17H20BrNO2. The molecule has 4 heteroatoms. The fourth-order valence-electron chi connectivity index (χ4n) is 2.09. The van der Waals surface area contributed by atoms with Crippen LogP contribution in [0.15, 0.2) is 46.9 Å².